The van der Waals surface area contributed by atoms with E-state index in [4.69, 9.17) is 14.7 Å². The van der Waals surface area contributed by atoms with Gasteiger partial charge in [0.1, 0.15) is 17.1 Å². The Balaban J connectivity index is 1.36. The molecule has 0 saturated heterocycles. The Morgan fingerprint density at radius 2 is 1.98 bits per heavy atom. The molecule has 2 aliphatic heterocycles. The average Bonchev–Trinajstić information content (AvgIpc) is 3.33. The maximum Gasteiger partial charge on any atom is 0.224 e. The molecule has 0 saturated carbocycles. The van der Waals surface area contributed by atoms with Gasteiger partial charge in [0.25, 0.3) is 0 Å². The van der Waals surface area contributed by atoms with E-state index in [1.165, 1.54) is 0 Å². The topological polar surface area (TPSA) is 117 Å². The van der Waals surface area contributed by atoms with Gasteiger partial charge >= 0.3 is 0 Å². The monoisotopic (exact) mass is 559 g/mol. The summed E-state index contributed by atoms with van der Waals surface area (Å²) < 4.78 is 5.43. The molecule has 0 atom stereocenters. The van der Waals surface area contributed by atoms with E-state index >= 15 is 0 Å². The van der Waals surface area contributed by atoms with Crippen molar-refractivity contribution < 1.29 is 9.53 Å². The van der Waals surface area contributed by atoms with Crippen LogP contribution in [0.2, 0.25) is 0 Å². The Bertz CT molecular complexity index is 1810. The lowest BCUT2D eigenvalue weighted by Crippen LogP contribution is -2.23. The van der Waals surface area contributed by atoms with Crippen molar-refractivity contribution in [3.8, 4) is 17.0 Å². The molecule has 1 amide bonds. The summed E-state index contributed by atoms with van der Waals surface area (Å²) in [5.74, 6) is 1.74. The zero-order chi connectivity index (χ0) is 29.2. The lowest BCUT2D eigenvalue weighted by atomic mass is 10.0. The molecule has 212 valence electrons. The van der Waals surface area contributed by atoms with E-state index < -0.39 is 0 Å². The van der Waals surface area contributed by atoms with Crippen molar-refractivity contribution in [1.82, 2.24) is 30.6 Å². The first-order valence-electron chi connectivity index (χ1n) is 14.0. The van der Waals surface area contributed by atoms with Crippen molar-refractivity contribution in [1.29, 1.82) is 0 Å². The van der Waals surface area contributed by atoms with Crippen molar-refractivity contribution in [2.24, 2.45) is 5.92 Å². The number of nitrogens with one attached hydrogen (secondary N) is 4. The molecule has 4 N–H and O–H groups in total. The highest BCUT2D eigenvalue weighted by Crippen LogP contribution is 2.34. The first-order valence-corrected chi connectivity index (χ1v) is 14.0. The third-order valence-electron chi connectivity index (χ3n) is 7.06. The summed E-state index contributed by atoms with van der Waals surface area (Å²) >= 11 is 0. The number of imidazole rings is 1. The second-order valence-electron chi connectivity index (χ2n) is 10.8. The van der Waals surface area contributed by atoms with E-state index in [9.17, 15) is 4.79 Å². The zero-order valence-corrected chi connectivity index (χ0v) is 24.1. The van der Waals surface area contributed by atoms with Crippen LogP contribution in [0, 0.1) is 5.92 Å². The number of aromatic nitrogens is 4. The van der Waals surface area contributed by atoms with Gasteiger partial charge in [-0.2, -0.15) is 0 Å². The number of benzene rings is 1. The van der Waals surface area contributed by atoms with Crippen LogP contribution in [0.3, 0.4) is 0 Å². The minimum Gasteiger partial charge on any atom is -0.497 e. The summed E-state index contributed by atoms with van der Waals surface area (Å²) in [6.07, 6.45) is 10.1. The number of pyridine rings is 2. The number of amides is 1. The predicted octanol–water partition coefficient (Wildman–Crippen LogP) is 5.78. The van der Waals surface area contributed by atoms with E-state index in [0.717, 1.165) is 73.5 Å². The van der Waals surface area contributed by atoms with Crippen LogP contribution >= 0.6 is 0 Å². The molecule has 0 aliphatic carbocycles. The number of ether oxygens (including phenoxy) is 1. The van der Waals surface area contributed by atoms with Crippen LogP contribution < -0.4 is 20.7 Å². The van der Waals surface area contributed by atoms with Crippen molar-refractivity contribution in [2.75, 3.05) is 19.0 Å². The number of carbonyl (C=O) groups is 1. The number of H-pyrrole nitrogens is 1. The standard InChI is InChI=1S/C33H33N7O2/c1-19(2)14-29(41)37-23-15-20(3)36-18-22(16-23)26-8-9-27-31(38-26)25(10-12-34-27)33-39-28-11-13-35-30(32(28)40-33)21-6-5-7-24(17-21)42-4/h5-11,13,15-19,34,36H,12,14H2,1-4H3,(H,37,41)(H,39,40). The molecule has 3 aromatic heterocycles. The number of fused-ring (bicyclic) bond motifs is 2. The van der Waals surface area contributed by atoms with E-state index in [0.29, 0.717) is 13.0 Å². The minimum absolute atomic E-state index is 0.0120. The maximum atomic E-state index is 12.5. The number of hydrogen-bond donors (Lipinski definition) is 4. The van der Waals surface area contributed by atoms with E-state index in [1.54, 1.807) is 13.3 Å². The largest absolute Gasteiger partial charge is 0.497 e. The molecule has 4 aromatic rings. The van der Waals surface area contributed by atoms with Crippen molar-refractivity contribution in [3.63, 3.8) is 0 Å². The Morgan fingerprint density at radius 1 is 1.10 bits per heavy atom. The third kappa shape index (κ3) is 5.54. The van der Waals surface area contributed by atoms with Crippen LogP contribution in [0.1, 0.15) is 44.4 Å². The number of hydrogen-bond acceptors (Lipinski definition) is 7. The molecular formula is C33H33N7O2. The molecule has 0 spiro atoms. The molecule has 5 heterocycles. The van der Waals surface area contributed by atoms with Crippen LogP contribution in [0.5, 0.6) is 5.75 Å². The number of aromatic amines is 1. The quantitative estimate of drug-likeness (QED) is 0.227. The van der Waals surface area contributed by atoms with Crippen LogP contribution in [-0.4, -0.2) is 39.5 Å². The third-order valence-corrected chi connectivity index (χ3v) is 7.06. The fourth-order valence-corrected chi connectivity index (χ4v) is 5.10. The Morgan fingerprint density at radius 3 is 2.81 bits per heavy atom. The van der Waals surface area contributed by atoms with Gasteiger partial charge in [0.2, 0.25) is 5.91 Å². The van der Waals surface area contributed by atoms with Gasteiger partial charge in [-0.3, -0.25) is 9.78 Å². The van der Waals surface area contributed by atoms with Crippen molar-refractivity contribution >= 4 is 33.8 Å². The molecule has 6 rings (SSSR count). The number of rotatable bonds is 7. The van der Waals surface area contributed by atoms with Crippen molar-refractivity contribution in [2.45, 2.75) is 27.2 Å². The highest BCUT2D eigenvalue weighted by Gasteiger charge is 2.22. The van der Waals surface area contributed by atoms with Crippen LogP contribution in [0.25, 0.3) is 33.4 Å². The molecule has 9 nitrogen and oxygen atoms in total. The molecule has 0 bridgehead atoms. The molecule has 9 heteroatoms. The van der Waals surface area contributed by atoms with Gasteiger partial charge in [-0.1, -0.05) is 32.1 Å². The fraction of sp³-hybridized carbons (Fsp3) is 0.212. The van der Waals surface area contributed by atoms with Crippen LogP contribution in [0.4, 0.5) is 5.69 Å². The zero-order valence-electron chi connectivity index (χ0n) is 24.1. The molecule has 0 unspecified atom stereocenters. The lowest BCUT2D eigenvalue weighted by Gasteiger charge is -2.18. The van der Waals surface area contributed by atoms with Gasteiger partial charge in [-0.05, 0) is 55.3 Å². The summed E-state index contributed by atoms with van der Waals surface area (Å²) in [4.78, 5) is 30.8. The van der Waals surface area contributed by atoms with E-state index in [1.807, 2.05) is 81.6 Å². The smallest absolute Gasteiger partial charge is 0.224 e. The number of methoxy groups -OCH3 is 1. The molecular weight excluding hydrogens is 526 g/mol. The summed E-state index contributed by atoms with van der Waals surface area (Å²) in [6.45, 7) is 6.68. The van der Waals surface area contributed by atoms with E-state index in [-0.39, 0.29) is 11.8 Å². The van der Waals surface area contributed by atoms with Gasteiger partial charge in [0.05, 0.1) is 35.4 Å². The van der Waals surface area contributed by atoms with E-state index in [2.05, 4.69) is 32.0 Å². The highest BCUT2D eigenvalue weighted by molar-refractivity contribution is 5.94. The Hall–Kier alpha value is -5.18. The fourth-order valence-electron chi connectivity index (χ4n) is 5.10. The first kappa shape index (κ1) is 27.0. The second-order valence-corrected chi connectivity index (χ2v) is 10.8. The van der Waals surface area contributed by atoms with Crippen LogP contribution in [0.15, 0.2) is 84.5 Å². The Kier molecular flexibility index (Phi) is 7.31. The van der Waals surface area contributed by atoms with Crippen LogP contribution in [-0.2, 0) is 4.79 Å². The highest BCUT2D eigenvalue weighted by atomic mass is 16.5. The predicted molar refractivity (Wildman–Crippen MR) is 166 cm³/mol. The van der Waals surface area contributed by atoms with Crippen molar-refractivity contribution in [3.05, 3.63) is 102 Å². The summed E-state index contributed by atoms with van der Waals surface area (Å²) in [5, 5.41) is 9.77. The van der Waals surface area contributed by atoms with Gasteiger partial charge in [0.15, 0.2) is 0 Å². The molecule has 42 heavy (non-hydrogen) atoms. The lowest BCUT2D eigenvalue weighted by molar-refractivity contribution is -0.121. The first-order chi connectivity index (χ1) is 20.4. The molecule has 0 fully saturated rings. The number of carbonyl (C=O) groups excluding carboxylic acids is 1. The van der Waals surface area contributed by atoms with Gasteiger partial charge in [-0.25, -0.2) is 9.97 Å². The van der Waals surface area contributed by atoms with Gasteiger partial charge in [0, 0.05) is 53.5 Å². The summed E-state index contributed by atoms with van der Waals surface area (Å²) in [6, 6.07) is 13.8. The number of allylic oxidation sites excluding steroid dienone is 4. The summed E-state index contributed by atoms with van der Waals surface area (Å²) in [5.41, 5.74) is 9.26. The normalized spacial score (nSPS) is 14.5. The molecule has 0 radical (unpaired) electrons. The molecule has 2 aliphatic rings. The number of nitrogens with zero attached hydrogens (tertiary/aromatic N) is 3. The molecule has 1 aromatic carbocycles. The Labute approximate surface area is 244 Å². The maximum absolute atomic E-state index is 12.5. The SMILES string of the molecule is COc1cccc(-c2nccc3[nH]c(C4=CCNc5ccc(C6=CNC(C)=CC(NC(=O)CC(C)C)=C6)nc54)nc23)c1. The average molecular weight is 560 g/mol. The van der Waals surface area contributed by atoms with Gasteiger partial charge < -0.3 is 25.7 Å². The number of anilines is 1. The van der Waals surface area contributed by atoms with Gasteiger partial charge in [-0.15, -0.1) is 0 Å². The second kappa shape index (κ2) is 11.4. The summed E-state index contributed by atoms with van der Waals surface area (Å²) in [7, 11) is 1.65. The minimum atomic E-state index is -0.0120.